The maximum atomic E-state index is 11.9. The normalized spacial score (nSPS) is 13.4. The fourth-order valence-corrected chi connectivity index (χ4v) is 2.30. The van der Waals surface area contributed by atoms with Gasteiger partial charge in [-0.3, -0.25) is 4.99 Å². The molecule has 1 aromatic rings. The predicted molar refractivity (Wildman–Crippen MR) is 96.9 cm³/mol. The van der Waals surface area contributed by atoms with Gasteiger partial charge in [0.15, 0.2) is 5.96 Å². The highest BCUT2D eigenvalue weighted by atomic mass is 19.4. The molecule has 0 amide bonds. The van der Waals surface area contributed by atoms with Gasteiger partial charge in [-0.15, -0.1) is 0 Å². The molecule has 0 bridgehead atoms. The zero-order valence-electron chi connectivity index (χ0n) is 15.5. The van der Waals surface area contributed by atoms with Crippen molar-refractivity contribution in [3.05, 3.63) is 29.8 Å². The summed E-state index contributed by atoms with van der Waals surface area (Å²) in [6, 6.07) is 8.00. The molecule has 1 unspecified atom stereocenters. The third kappa shape index (κ3) is 9.50. The Morgan fingerprint density at radius 3 is 2.38 bits per heavy atom. The highest BCUT2D eigenvalue weighted by Crippen LogP contribution is 2.21. The first-order chi connectivity index (χ1) is 12.4. The number of benzene rings is 1. The third-order valence-corrected chi connectivity index (χ3v) is 3.80. The molecule has 2 N–H and O–H groups in total. The van der Waals surface area contributed by atoms with Crippen LogP contribution in [0.5, 0.6) is 5.75 Å². The van der Waals surface area contributed by atoms with Crippen molar-refractivity contribution in [1.82, 2.24) is 10.6 Å². The number of guanidine groups is 1. The maximum absolute atomic E-state index is 11.9. The number of nitrogens with zero attached hydrogens (tertiary/aromatic N) is 1. The smallest absolute Gasteiger partial charge is 0.411 e. The fraction of sp³-hybridized carbons (Fsp3) is 0.611. The van der Waals surface area contributed by atoms with E-state index in [4.69, 9.17) is 4.74 Å². The molecule has 0 aliphatic carbocycles. The highest BCUT2D eigenvalue weighted by Gasteiger charge is 2.27. The van der Waals surface area contributed by atoms with Gasteiger partial charge < -0.3 is 20.1 Å². The first-order valence-corrected chi connectivity index (χ1v) is 8.58. The number of aliphatic imine (C=N–C) groups is 1. The highest BCUT2D eigenvalue weighted by molar-refractivity contribution is 5.79. The summed E-state index contributed by atoms with van der Waals surface area (Å²) in [6.45, 7) is 2.22. The van der Waals surface area contributed by atoms with Crippen molar-refractivity contribution < 1.29 is 22.6 Å². The third-order valence-electron chi connectivity index (χ3n) is 3.80. The molecular weight excluding hydrogens is 347 g/mol. The Morgan fingerprint density at radius 2 is 1.81 bits per heavy atom. The Balaban J connectivity index is 2.19. The first kappa shape index (κ1) is 22.1. The molecule has 0 aromatic heterocycles. The Hall–Kier alpha value is -1.96. The molecule has 0 radical (unpaired) electrons. The minimum absolute atomic E-state index is 0.0536. The average molecular weight is 375 g/mol. The zero-order valence-corrected chi connectivity index (χ0v) is 15.5. The van der Waals surface area contributed by atoms with E-state index in [1.54, 1.807) is 14.2 Å². The van der Waals surface area contributed by atoms with Crippen LogP contribution < -0.4 is 15.4 Å². The number of hydrogen-bond acceptors (Lipinski definition) is 3. The largest absolute Gasteiger partial charge is 0.497 e. The van der Waals surface area contributed by atoms with Crippen LogP contribution in [0, 0.1) is 0 Å². The summed E-state index contributed by atoms with van der Waals surface area (Å²) in [4.78, 5) is 4.09. The Labute approximate surface area is 153 Å². The Morgan fingerprint density at radius 1 is 1.15 bits per heavy atom. The predicted octanol–water partition coefficient (Wildman–Crippen LogP) is 3.32. The first-order valence-electron chi connectivity index (χ1n) is 8.58. The lowest BCUT2D eigenvalue weighted by molar-refractivity contribution is -0.173. The van der Waals surface area contributed by atoms with Crippen LogP contribution in [0.3, 0.4) is 0 Å². The van der Waals surface area contributed by atoms with E-state index in [1.807, 2.05) is 12.1 Å². The van der Waals surface area contributed by atoms with Crippen molar-refractivity contribution in [2.75, 3.05) is 40.5 Å². The molecule has 148 valence electrons. The molecule has 0 aliphatic heterocycles. The number of hydrogen-bond donors (Lipinski definition) is 2. The zero-order chi connectivity index (χ0) is 19.4. The van der Waals surface area contributed by atoms with E-state index < -0.39 is 12.8 Å². The molecule has 0 heterocycles. The van der Waals surface area contributed by atoms with Gasteiger partial charge in [-0.2, -0.15) is 13.2 Å². The Bertz CT molecular complexity index is 533. The molecule has 0 saturated carbocycles. The second-order valence-electron chi connectivity index (χ2n) is 5.91. The van der Waals surface area contributed by atoms with E-state index in [9.17, 15) is 13.2 Å². The second-order valence-corrected chi connectivity index (χ2v) is 5.91. The molecule has 1 atom stereocenters. The second kappa shape index (κ2) is 11.6. The lowest BCUT2D eigenvalue weighted by Gasteiger charge is -2.15. The van der Waals surface area contributed by atoms with Crippen LogP contribution in [0.1, 0.15) is 31.2 Å². The summed E-state index contributed by atoms with van der Waals surface area (Å²) >= 11 is 0. The van der Waals surface area contributed by atoms with Crippen LogP contribution in [0.2, 0.25) is 0 Å². The molecule has 26 heavy (non-hydrogen) atoms. The number of methoxy groups -OCH3 is 1. The van der Waals surface area contributed by atoms with Crippen LogP contribution in [-0.4, -0.2) is 52.6 Å². The molecule has 1 aromatic carbocycles. The summed E-state index contributed by atoms with van der Waals surface area (Å²) < 4.78 is 45.5. The summed E-state index contributed by atoms with van der Waals surface area (Å²) in [5.41, 5.74) is 1.23. The molecule has 0 saturated heterocycles. The molecule has 0 aliphatic rings. The van der Waals surface area contributed by atoms with Crippen molar-refractivity contribution in [3.63, 3.8) is 0 Å². The molecule has 1 rings (SSSR count). The molecule has 0 fully saturated rings. The minimum Gasteiger partial charge on any atom is -0.497 e. The number of nitrogens with one attached hydrogen (secondary N) is 2. The van der Waals surface area contributed by atoms with E-state index in [0.29, 0.717) is 24.8 Å². The van der Waals surface area contributed by atoms with Gasteiger partial charge in [-0.05, 0) is 36.5 Å². The molecule has 0 spiro atoms. The summed E-state index contributed by atoms with van der Waals surface area (Å²) in [6.07, 6.45) is -2.88. The number of ether oxygens (including phenoxy) is 2. The van der Waals surface area contributed by atoms with Gasteiger partial charge in [0.25, 0.3) is 0 Å². The van der Waals surface area contributed by atoms with E-state index in [1.165, 1.54) is 5.56 Å². The quantitative estimate of drug-likeness (QED) is 0.374. The fourth-order valence-electron chi connectivity index (χ4n) is 2.30. The van der Waals surface area contributed by atoms with Crippen molar-refractivity contribution >= 4 is 5.96 Å². The van der Waals surface area contributed by atoms with Crippen molar-refractivity contribution in [1.29, 1.82) is 0 Å². The maximum Gasteiger partial charge on any atom is 0.411 e. The average Bonchev–Trinajstić information content (AvgIpc) is 2.62. The summed E-state index contributed by atoms with van der Waals surface area (Å²) in [5.74, 6) is 1.84. The van der Waals surface area contributed by atoms with Gasteiger partial charge in [-0.25, -0.2) is 0 Å². The van der Waals surface area contributed by atoms with Crippen molar-refractivity contribution in [2.45, 2.75) is 31.9 Å². The van der Waals surface area contributed by atoms with Crippen LogP contribution in [0.4, 0.5) is 13.2 Å². The standard InChI is InChI=1S/C18H28F3N3O2/c1-14(15-5-7-16(25-3)8-6-15)9-11-24-17(22-2)23-10-4-12-26-13-18(19,20)21/h5-8,14H,4,9-13H2,1-3H3,(H2,22,23,24). The van der Waals surface area contributed by atoms with E-state index >= 15 is 0 Å². The van der Waals surface area contributed by atoms with Crippen molar-refractivity contribution in [2.24, 2.45) is 4.99 Å². The monoisotopic (exact) mass is 375 g/mol. The molecule has 5 nitrogen and oxygen atoms in total. The van der Waals surface area contributed by atoms with Gasteiger partial charge >= 0.3 is 6.18 Å². The topological polar surface area (TPSA) is 54.9 Å². The van der Waals surface area contributed by atoms with Gasteiger partial charge in [-0.1, -0.05) is 19.1 Å². The van der Waals surface area contributed by atoms with Crippen LogP contribution in [0.25, 0.3) is 0 Å². The summed E-state index contributed by atoms with van der Waals surface area (Å²) in [7, 11) is 3.30. The molecular formula is C18H28F3N3O2. The van der Waals surface area contributed by atoms with Gasteiger partial charge in [0.1, 0.15) is 12.4 Å². The van der Waals surface area contributed by atoms with Crippen LogP contribution in [0.15, 0.2) is 29.3 Å². The van der Waals surface area contributed by atoms with Crippen molar-refractivity contribution in [3.8, 4) is 5.75 Å². The van der Waals surface area contributed by atoms with Gasteiger partial charge in [0.05, 0.1) is 7.11 Å². The summed E-state index contributed by atoms with van der Waals surface area (Å²) in [5, 5.41) is 6.26. The van der Waals surface area contributed by atoms with E-state index in [-0.39, 0.29) is 6.61 Å². The Kier molecular flexibility index (Phi) is 9.87. The van der Waals surface area contributed by atoms with Crippen LogP contribution >= 0.6 is 0 Å². The number of halogens is 3. The van der Waals surface area contributed by atoms with E-state index in [2.05, 4.69) is 39.4 Å². The lowest BCUT2D eigenvalue weighted by atomic mass is 9.98. The van der Waals surface area contributed by atoms with Gasteiger partial charge in [0, 0.05) is 26.7 Å². The number of alkyl halides is 3. The van der Waals surface area contributed by atoms with Gasteiger partial charge in [0.2, 0.25) is 0 Å². The van der Waals surface area contributed by atoms with Crippen LogP contribution in [-0.2, 0) is 4.74 Å². The minimum atomic E-state index is -4.27. The SMILES string of the molecule is CN=C(NCCCOCC(F)(F)F)NCCC(C)c1ccc(OC)cc1. The number of rotatable bonds is 10. The van der Waals surface area contributed by atoms with E-state index in [0.717, 1.165) is 18.7 Å². The molecule has 8 heteroatoms. The lowest BCUT2D eigenvalue weighted by Crippen LogP contribution is -2.38.